The minimum atomic E-state index is -0.256. The number of rotatable bonds is 8. The maximum Gasteiger partial charge on any atom is 0.126 e. The first-order valence-corrected chi connectivity index (χ1v) is 5.97. The Morgan fingerprint density at radius 1 is 1.28 bits per heavy atom. The number of methoxy groups -OCH3 is 2. The van der Waals surface area contributed by atoms with Gasteiger partial charge < -0.3 is 14.8 Å². The highest BCUT2D eigenvalue weighted by Crippen LogP contribution is 2.20. The average Bonchev–Trinajstić information content (AvgIpc) is 2.38. The lowest BCUT2D eigenvalue weighted by Crippen LogP contribution is -2.19. The molecule has 0 atom stereocenters. The molecule has 0 aliphatic heterocycles. The van der Waals surface area contributed by atoms with Gasteiger partial charge in [0.05, 0.1) is 13.7 Å². The van der Waals surface area contributed by atoms with Crippen LogP contribution in [-0.2, 0) is 4.74 Å². The first-order valence-electron chi connectivity index (χ1n) is 5.97. The lowest BCUT2D eigenvalue weighted by Gasteiger charge is -2.04. The van der Waals surface area contributed by atoms with Crippen LogP contribution in [-0.4, -0.2) is 33.9 Å². The number of nitrogens with one attached hydrogen (secondary N) is 1. The van der Waals surface area contributed by atoms with Gasteiger partial charge in [0.2, 0.25) is 0 Å². The van der Waals surface area contributed by atoms with Gasteiger partial charge in [0, 0.05) is 19.2 Å². The van der Waals surface area contributed by atoms with Crippen LogP contribution in [0, 0.1) is 5.82 Å². The molecule has 18 heavy (non-hydrogen) atoms. The van der Waals surface area contributed by atoms with Crippen molar-refractivity contribution in [3.05, 3.63) is 35.7 Å². The van der Waals surface area contributed by atoms with E-state index in [4.69, 9.17) is 9.47 Å². The van der Waals surface area contributed by atoms with E-state index in [1.807, 2.05) is 12.2 Å². The third-order valence-corrected chi connectivity index (χ3v) is 2.46. The summed E-state index contributed by atoms with van der Waals surface area (Å²) in [7, 11) is 3.26. The van der Waals surface area contributed by atoms with E-state index in [0.29, 0.717) is 12.4 Å². The SMILES string of the molecule is COCCNCC/C=C/c1cc(F)ccc1OC. The Morgan fingerprint density at radius 2 is 2.11 bits per heavy atom. The van der Waals surface area contributed by atoms with Crippen molar-refractivity contribution in [1.82, 2.24) is 5.32 Å². The summed E-state index contributed by atoms with van der Waals surface area (Å²) in [6.45, 7) is 2.42. The first-order chi connectivity index (χ1) is 8.77. The fourth-order valence-corrected chi connectivity index (χ4v) is 1.53. The predicted octanol–water partition coefficient (Wildman–Crippen LogP) is 2.47. The maximum absolute atomic E-state index is 13.1. The number of halogens is 1. The zero-order chi connectivity index (χ0) is 13.2. The number of hydrogen-bond acceptors (Lipinski definition) is 3. The Labute approximate surface area is 108 Å². The van der Waals surface area contributed by atoms with E-state index in [1.165, 1.54) is 12.1 Å². The normalized spacial score (nSPS) is 11.1. The summed E-state index contributed by atoms with van der Waals surface area (Å²) in [6.07, 6.45) is 4.75. The van der Waals surface area contributed by atoms with Crippen molar-refractivity contribution in [3.8, 4) is 5.75 Å². The van der Waals surface area contributed by atoms with Crippen molar-refractivity contribution >= 4 is 6.08 Å². The second-order valence-corrected chi connectivity index (χ2v) is 3.82. The van der Waals surface area contributed by atoms with Crippen molar-refractivity contribution < 1.29 is 13.9 Å². The van der Waals surface area contributed by atoms with Gasteiger partial charge in [-0.15, -0.1) is 0 Å². The zero-order valence-corrected chi connectivity index (χ0v) is 10.9. The molecule has 0 saturated heterocycles. The highest BCUT2D eigenvalue weighted by atomic mass is 19.1. The van der Waals surface area contributed by atoms with Crippen molar-refractivity contribution in [2.24, 2.45) is 0 Å². The number of benzene rings is 1. The van der Waals surface area contributed by atoms with Gasteiger partial charge in [0.1, 0.15) is 11.6 Å². The molecule has 0 radical (unpaired) electrons. The minimum Gasteiger partial charge on any atom is -0.496 e. The van der Waals surface area contributed by atoms with Crippen molar-refractivity contribution in [1.29, 1.82) is 0 Å². The number of ether oxygens (including phenoxy) is 2. The molecule has 0 heterocycles. The Balaban J connectivity index is 2.39. The molecule has 0 aliphatic rings. The summed E-state index contributed by atoms with van der Waals surface area (Å²) in [4.78, 5) is 0. The van der Waals surface area contributed by atoms with Gasteiger partial charge in [-0.25, -0.2) is 4.39 Å². The quantitative estimate of drug-likeness (QED) is 0.722. The van der Waals surface area contributed by atoms with E-state index in [0.717, 1.165) is 25.1 Å². The standard InChI is InChI=1S/C14H20FNO2/c1-17-10-9-16-8-4-3-5-12-11-13(15)6-7-14(12)18-2/h3,5-7,11,16H,4,8-10H2,1-2H3/b5-3+. The van der Waals surface area contributed by atoms with E-state index in [9.17, 15) is 4.39 Å². The van der Waals surface area contributed by atoms with Gasteiger partial charge in [0.15, 0.2) is 0 Å². The summed E-state index contributed by atoms with van der Waals surface area (Å²) in [5.41, 5.74) is 0.759. The van der Waals surface area contributed by atoms with Crippen LogP contribution in [0.4, 0.5) is 4.39 Å². The highest BCUT2D eigenvalue weighted by molar-refractivity contribution is 5.57. The van der Waals surface area contributed by atoms with Gasteiger partial charge in [-0.3, -0.25) is 0 Å². The molecule has 0 bridgehead atoms. The molecular formula is C14H20FNO2. The van der Waals surface area contributed by atoms with E-state index in [-0.39, 0.29) is 5.82 Å². The molecule has 4 heteroatoms. The molecule has 100 valence electrons. The van der Waals surface area contributed by atoms with Crippen LogP contribution in [0.3, 0.4) is 0 Å². The first kappa shape index (κ1) is 14.7. The van der Waals surface area contributed by atoms with Crippen LogP contribution < -0.4 is 10.1 Å². The van der Waals surface area contributed by atoms with Crippen LogP contribution in [0.5, 0.6) is 5.75 Å². The van der Waals surface area contributed by atoms with Crippen molar-refractivity contribution in [3.63, 3.8) is 0 Å². The molecule has 0 spiro atoms. The van der Waals surface area contributed by atoms with Gasteiger partial charge in [-0.2, -0.15) is 0 Å². The molecule has 0 aromatic heterocycles. The summed E-state index contributed by atoms with van der Waals surface area (Å²) < 4.78 is 23.2. The molecule has 0 amide bonds. The molecule has 0 saturated carbocycles. The van der Waals surface area contributed by atoms with Crippen LogP contribution >= 0.6 is 0 Å². The second-order valence-electron chi connectivity index (χ2n) is 3.82. The summed E-state index contributed by atoms with van der Waals surface area (Å²) in [6, 6.07) is 4.49. The average molecular weight is 253 g/mol. The van der Waals surface area contributed by atoms with E-state index >= 15 is 0 Å². The predicted molar refractivity (Wildman–Crippen MR) is 71.3 cm³/mol. The van der Waals surface area contributed by atoms with Gasteiger partial charge in [-0.1, -0.05) is 12.2 Å². The zero-order valence-electron chi connectivity index (χ0n) is 10.9. The molecule has 0 fully saturated rings. The molecule has 1 aromatic carbocycles. The van der Waals surface area contributed by atoms with Crippen LogP contribution in [0.25, 0.3) is 6.08 Å². The van der Waals surface area contributed by atoms with Gasteiger partial charge in [-0.05, 0) is 31.2 Å². The van der Waals surface area contributed by atoms with Crippen LogP contribution in [0.15, 0.2) is 24.3 Å². The second kappa shape index (κ2) is 8.66. The smallest absolute Gasteiger partial charge is 0.126 e. The minimum absolute atomic E-state index is 0.256. The molecule has 1 rings (SSSR count). The summed E-state index contributed by atoms with van der Waals surface area (Å²) in [5.74, 6) is 0.425. The monoisotopic (exact) mass is 253 g/mol. The topological polar surface area (TPSA) is 30.5 Å². The van der Waals surface area contributed by atoms with Gasteiger partial charge >= 0.3 is 0 Å². The van der Waals surface area contributed by atoms with E-state index in [2.05, 4.69) is 5.32 Å². The van der Waals surface area contributed by atoms with Crippen molar-refractivity contribution in [2.45, 2.75) is 6.42 Å². The van der Waals surface area contributed by atoms with Crippen molar-refractivity contribution in [2.75, 3.05) is 33.9 Å². The lowest BCUT2D eigenvalue weighted by molar-refractivity contribution is 0.199. The fraction of sp³-hybridized carbons (Fsp3) is 0.429. The Kier molecular flexibility index (Phi) is 7.06. The molecule has 0 aliphatic carbocycles. The third-order valence-electron chi connectivity index (χ3n) is 2.46. The molecule has 0 unspecified atom stereocenters. The maximum atomic E-state index is 13.1. The Hall–Kier alpha value is -1.39. The van der Waals surface area contributed by atoms with E-state index < -0.39 is 0 Å². The van der Waals surface area contributed by atoms with Crippen LogP contribution in [0.1, 0.15) is 12.0 Å². The molecular weight excluding hydrogens is 233 g/mol. The largest absolute Gasteiger partial charge is 0.496 e. The lowest BCUT2D eigenvalue weighted by atomic mass is 10.1. The Morgan fingerprint density at radius 3 is 2.83 bits per heavy atom. The highest BCUT2D eigenvalue weighted by Gasteiger charge is 2.00. The third kappa shape index (κ3) is 5.29. The molecule has 1 aromatic rings. The number of hydrogen-bond donors (Lipinski definition) is 1. The fourth-order valence-electron chi connectivity index (χ4n) is 1.53. The summed E-state index contributed by atoms with van der Waals surface area (Å²) >= 11 is 0. The van der Waals surface area contributed by atoms with Gasteiger partial charge in [0.25, 0.3) is 0 Å². The Bertz CT molecular complexity index is 380. The van der Waals surface area contributed by atoms with Crippen LogP contribution in [0.2, 0.25) is 0 Å². The molecule has 3 nitrogen and oxygen atoms in total. The van der Waals surface area contributed by atoms with E-state index in [1.54, 1.807) is 20.3 Å². The molecule has 1 N–H and O–H groups in total. The summed E-state index contributed by atoms with van der Waals surface area (Å²) in [5, 5.41) is 3.23.